The van der Waals surface area contributed by atoms with Gasteiger partial charge in [-0.05, 0) is 33.0 Å². The van der Waals surface area contributed by atoms with Crippen molar-refractivity contribution in [2.75, 3.05) is 32.4 Å². The second-order valence-corrected chi connectivity index (χ2v) is 5.46. The molecule has 1 amide bonds. The van der Waals surface area contributed by atoms with Gasteiger partial charge in [-0.25, -0.2) is 4.98 Å². The van der Waals surface area contributed by atoms with Gasteiger partial charge in [-0.1, -0.05) is 11.6 Å². The summed E-state index contributed by atoms with van der Waals surface area (Å²) >= 11 is 5.92. The van der Waals surface area contributed by atoms with Crippen molar-refractivity contribution in [1.29, 1.82) is 0 Å². The predicted octanol–water partition coefficient (Wildman–Crippen LogP) is 1.48. The van der Waals surface area contributed by atoms with Gasteiger partial charge in [-0.15, -0.1) is 0 Å². The number of pyridine rings is 1. The Balaban J connectivity index is 2.20. The average molecular weight is 283 g/mol. The first-order valence-electron chi connectivity index (χ1n) is 6.39. The van der Waals surface area contributed by atoms with E-state index < -0.39 is 0 Å². The number of hydrogen-bond acceptors (Lipinski definition) is 4. The lowest BCUT2D eigenvalue weighted by Crippen LogP contribution is -2.42. The number of carbonyl (C=O) groups is 1. The second-order valence-electron chi connectivity index (χ2n) is 5.05. The van der Waals surface area contributed by atoms with Gasteiger partial charge in [0.15, 0.2) is 0 Å². The van der Waals surface area contributed by atoms with E-state index in [1.165, 1.54) is 6.20 Å². The summed E-state index contributed by atoms with van der Waals surface area (Å²) in [6, 6.07) is 1.77. The molecule has 0 radical (unpaired) electrons. The van der Waals surface area contributed by atoms with Crippen LogP contribution in [0.3, 0.4) is 0 Å². The van der Waals surface area contributed by atoms with E-state index in [-0.39, 0.29) is 17.8 Å². The van der Waals surface area contributed by atoms with E-state index in [1.807, 2.05) is 4.90 Å². The third kappa shape index (κ3) is 3.16. The number of amides is 1. The van der Waals surface area contributed by atoms with Crippen LogP contribution in [0.5, 0.6) is 0 Å². The summed E-state index contributed by atoms with van der Waals surface area (Å²) in [6.07, 6.45) is 2.47. The van der Waals surface area contributed by atoms with E-state index in [4.69, 9.17) is 17.3 Å². The average Bonchev–Trinajstić information content (AvgIpc) is 2.52. The Morgan fingerprint density at radius 2 is 2.26 bits per heavy atom. The van der Waals surface area contributed by atoms with Crippen LogP contribution in [0.25, 0.3) is 0 Å². The van der Waals surface area contributed by atoms with E-state index in [1.54, 1.807) is 6.07 Å². The molecule has 1 aromatic rings. The van der Waals surface area contributed by atoms with Gasteiger partial charge in [-0.2, -0.15) is 0 Å². The van der Waals surface area contributed by atoms with Gasteiger partial charge < -0.3 is 15.5 Å². The van der Waals surface area contributed by atoms with Gasteiger partial charge in [-0.3, -0.25) is 4.79 Å². The summed E-state index contributed by atoms with van der Waals surface area (Å²) in [7, 11) is 2.08. The number of nitrogen functional groups attached to an aromatic ring is 1. The molecule has 6 heteroatoms. The maximum absolute atomic E-state index is 12.5. The number of nitrogens with zero attached hydrogens (tertiary/aromatic N) is 3. The molecule has 1 atom stereocenters. The van der Waals surface area contributed by atoms with Gasteiger partial charge in [0.1, 0.15) is 5.82 Å². The fourth-order valence-electron chi connectivity index (χ4n) is 2.41. The van der Waals surface area contributed by atoms with E-state index in [2.05, 4.69) is 23.9 Å². The zero-order valence-corrected chi connectivity index (χ0v) is 12.0. The van der Waals surface area contributed by atoms with Crippen LogP contribution in [0.4, 0.5) is 5.82 Å². The lowest BCUT2D eigenvalue weighted by molar-refractivity contribution is 0.0696. The minimum Gasteiger partial charge on any atom is -0.382 e. The van der Waals surface area contributed by atoms with E-state index >= 15 is 0 Å². The molecule has 104 valence electrons. The van der Waals surface area contributed by atoms with Crippen molar-refractivity contribution >= 4 is 23.3 Å². The molecule has 5 nitrogen and oxygen atoms in total. The molecule has 1 aromatic heterocycles. The molecule has 2 N–H and O–H groups in total. The number of aromatic nitrogens is 1. The van der Waals surface area contributed by atoms with Crippen molar-refractivity contribution in [3.8, 4) is 0 Å². The SMILES string of the molecule is CC1CN(C)CCCN1C(=O)c1cnc(N)c(Cl)c1. The minimum atomic E-state index is -0.0304. The number of halogens is 1. The minimum absolute atomic E-state index is 0.0304. The largest absolute Gasteiger partial charge is 0.382 e. The Labute approximate surface area is 118 Å². The third-order valence-electron chi connectivity index (χ3n) is 3.42. The Bertz CT molecular complexity index is 480. The van der Waals surface area contributed by atoms with Crippen molar-refractivity contribution in [3.05, 3.63) is 22.8 Å². The molecule has 2 heterocycles. The van der Waals surface area contributed by atoms with Crippen molar-refractivity contribution in [2.24, 2.45) is 0 Å². The van der Waals surface area contributed by atoms with E-state index in [0.29, 0.717) is 10.6 Å². The molecule has 1 saturated heterocycles. The summed E-state index contributed by atoms with van der Waals surface area (Å²) in [4.78, 5) is 20.6. The van der Waals surface area contributed by atoms with Crippen LogP contribution in [0, 0.1) is 0 Å². The monoisotopic (exact) mass is 282 g/mol. The summed E-state index contributed by atoms with van der Waals surface area (Å²) in [6.45, 7) is 4.70. The molecule has 0 spiro atoms. The number of likely N-dealkylation sites (N-methyl/N-ethyl adjacent to an activating group) is 1. The molecule has 2 rings (SSSR count). The first-order chi connectivity index (χ1) is 8.99. The summed E-state index contributed by atoms with van der Waals surface area (Å²) in [5, 5.41) is 0.324. The van der Waals surface area contributed by atoms with Gasteiger partial charge in [0.05, 0.1) is 10.6 Å². The molecule has 1 fully saturated rings. The van der Waals surface area contributed by atoms with Gasteiger partial charge in [0.2, 0.25) is 0 Å². The van der Waals surface area contributed by atoms with Crippen LogP contribution in [0.15, 0.2) is 12.3 Å². The topological polar surface area (TPSA) is 62.5 Å². The van der Waals surface area contributed by atoms with Crippen molar-refractivity contribution < 1.29 is 4.79 Å². The maximum Gasteiger partial charge on any atom is 0.255 e. The number of rotatable bonds is 1. The summed E-state index contributed by atoms with van der Waals surface area (Å²) in [5.41, 5.74) is 6.06. The molecule has 0 aliphatic carbocycles. The van der Waals surface area contributed by atoms with Crippen LogP contribution in [0.1, 0.15) is 23.7 Å². The van der Waals surface area contributed by atoms with Crippen LogP contribution in [0.2, 0.25) is 5.02 Å². The molecule has 19 heavy (non-hydrogen) atoms. The molecule has 1 aliphatic heterocycles. The summed E-state index contributed by atoms with van der Waals surface area (Å²) in [5.74, 6) is 0.221. The number of hydrogen-bond donors (Lipinski definition) is 1. The standard InChI is InChI=1S/C13H19ClN4O/c1-9-8-17(2)4-3-5-18(9)13(19)10-6-11(14)12(15)16-7-10/h6-7,9H,3-5,8H2,1-2H3,(H2,15,16). The Morgan fingerprint density at radius 1 is 1.53 bits per heavy atom. The lowest BCUT2D eigenvalue weighted by Gasteiger charge is -2.28. The highest BCUT2D eigenvalue weighted by Gasteiger charge is 2.25. The maximum atomic E-state index is 12.5. The second kappa shape index (κ2) is 5.75. The number of anilines is 1. The number of carbonyl (C=O) groups excluding carboxylic acids is 1. The summed E-state index contributed by atoms with van der Waals surface area (Å²) < 4.78 is 0. The van der Waals surface area contributed by atoms with Crippen LogP contribution < -0.4 is 5.73 Å². The van der Waals surface area contributed by atoms with E-state index in [0.717, 1.165) is 26.1 Å². The highest BCUT2D eigenvalue weighted by Crippen LogP contribution is 2.19. The first-order valence-corrected chi connectivity index (χ1v) is 6.77. The Hall–Kier alpha value is -1.33. The lowest BCUT2D eigenvalue weighted by atomic mass is 10.2. The molecule has 0 bridgehead atoms. The van der Waals surface area contributed by atoms with Crippen LogP contribution in [-0.2, 0) is 0 Å². The fourth-order valence-corrected chi connectivity index (χ4v) is 2.57. The normalized spacial score (nSPS) is 21.2. The highest BCUT2D eigenvalue weighted by atomic mass is 35.5. The molecular weight excluding hydrogens is 264 g/mol. The van der Waals surface area contributed by atoms with Gasteiger partial charge >= 0.3 is 0 Å². The Morgan fingerprint density at radius 3 is 2.95 bits per heavy atom. The van der Waals surface area contributed by atoms with Crippen LogP contribution >= 0.6 is 11.6 Å². The highest BCUT2D eigenvalue weighted by molar-refractivity contribution is 6.33. The van der Waals surface area contributed by atoms with Gasteiger partial charge in [0.25, 0.3) is 5.91 Å². The molecule has 1 aliphatic rings. The molecule has 1 unspecified atom stereocenters. The quantitative estimate of drug-likeness (QED) is 0.848. The van der Waals surface area contributed by atoms with Crippen molar-refractivity contribution in [1.82, 2.24) is 14.8 Å². The molecule has 0 aromatic carbocycles. The zero-order valence-electron chi connectivity index (χ0n) is 11.3. The predicted molar refractivity (Wildman–Crippen MR) is 76.3 cm³/mol. The van der Waals surface area contributed by atoms with Crippen molar-refractivity contribution in [3.63, 3.8) is 0 Å². The van der Waals surface area contributed by atoms with Crippen molar-refractivity contribution in [2.45, 2.75) is 19.4 Å². The van der Waals surface area contributed by atoms with Crippen LogP contribution in [-0.4, -0.2) is 53.4 Å². The van der Waals surface area contributed by atoms with E-state index in [9.17, 15) is 4.79 Å². The fraction of sp³-hybridized carbons (Fsp3) is 0.538. The smallest absolute Gasteiger partial charge is 0.255 e. The van der Waals surface area contributed by atoms with Gasteiger partial charge in [0, 0.05) is 25.3 Å². The first kappa shape index (κ1) is 14.1. The molecule has 0 saturated carbocycles. The Kier molecular flexibility index (Phi) is 4.27. The zero-order chi connectivity index (χ0) is 14.0. The third-order valence-corrected chi connectivity index (χ3v) is 3.73. The molecular formula is C13H19ClN4O. The number of nitrogens with two attached hydrogens (primary N) is 1.